The van der Waals surface area contributed by atoms with Crippen molar-refractivity contribution < 1.29 is 8.98 Å². The van der Waals surface area contributed by atoms with Gasteiger partial charge < -0.3 is 4.42 Å². The van der Waals surface area contributed by atoms with E-state index in [0.29, 0.717) is 0 Å². The van der Waals surface area contributed by atoms with E-state index in [1.165, 1.54) is 16.8 Å². The van der Waals surface area contributed by atoms with Crippen molar-refractivity contribution in [3.05, 3.63) is 120 Å². The van der Waals surface area contributed by atoms with Gasteiger partial charge in [-0.3, -0.25) is 4.98 Å². The van der Waals surface area contributed by atoms with Gasteiger partial charge in [0.25, 0.3) is 0 Å². The van der Waals surface area contributed by atoms with Crippen LogP contribution in [0, 0.1) is 20.8 Å². The molecule has 0 saturated heterocycles. The maximum absolute atomic E-state index is 6.48. The molecule has 3 nitrogen and oxygen atoms in total. The number of fused-ring (bicyclic) bond motifs is 3. The van der Waals surface area contributed by atoms with Crippen molar-refractivity contribution in [1.29, 1.82) is 0 Å². The SMILES string of the molecule is C/C(=C\c1ccccc1-c1ccccn1)[n+]1c(-c2c(C)ccc3c2oc2ccccc23)ccc(C)c1C. The summed E-state index contributed by atoms with van der Waals surface area (Å²) in [7, 11) is 0. The summed E-state index contributed by atoms with van der Waals surface area (Å²) in [5, 5.41) is 2.29. The minimum atomic E-state index is 0.913. The van der Waals surface area contributed by atoms with Gasteiger partial charge in [-0.1, -0.05) is 60.7 Å². The van der Waals surface area contributed by atoms with Crippen molar-refractivity contribution in [1.82, 2.24) is 4.98 Å². The van der Waals surface area contributed by atoms with E-state index in [1.807, 2.05) is 30.5 Å². The maximum atomic E-state index is 6.48. The van der Waals surface area contributed by atoms with E-state index in [9.17, 15) is 0 Å². The molecule has 180 valence electrons. The number of aromatic nitrogens is 2. The van der Waals surface area contributed by atoms with Crippen molar-refractivity contribution in [3.8, 4) is 22.5 Å². The van der Waals surface area contributed by atoms with E-state index < -0.39 is 0 Å². The Morgan fingerprint density at radius 3 is 2.35 bits per heavy atom. The average Bonchev–Trinajstić information content (AvgIpc) is 3.29. The number of pyridine rings is 2. The Hall–Kier alpha value is -4.50. The van der Waals surface area contributed by atoms with Gasteiger partial charge in [0.15, 0.2) is 11.4 Å². The Labute approximate surface area is 217 Å². The molecule has 0 saturated carbocycles. The summed E-state index contributed by atoms with van der Waals surface area (Å²) in [5.74, 6) is 0. The van der Waals surface area contributed by atoms with Crippen LogP contribution in [0.25, 0.3) is 56.2 Å². The highest BCUT2D eigenvalue weighted by atomic mass is 16.3. The zero-order valence-corrected chi connectivity index (χ0v) is 21.6. The molecule has 0 unspecified atom stereocenters. The summed E-state index contributed by atoms with van der Waals surface area (Å²) in [6.45, 7) is 8.70. The fourth-order valence-corrected chi connectivity index (χ4v) is 5.28. The number of benzene rings is 3. The zero-order valence-electron chi connectivity index (χ0n) is 21.6. The summed E-state index contributed by atoms with van der Waals surface area (Å²) in [4.78, 5) is 4.60. The van der Waals surface area contributed by atoms with Gasteiger partial charge in [0, 0.05) is 54.1 Å². The van der Waals surface area contributed by atoms with Crippen LogP contribution in [-0.2, 0) is 0 Å². The molecule has 3 heteroatoms. The van der Waals surface area contributed by atoms with Gasteiger partial charge in [-0.05, 0) is 49.2 Å². The normalized spacial score (nSPS) is 11.9. The molecule has 0 amide bonds. The second-order valence-electron chi connectivity index (χ2n) is 9.64. The average molecular weight is 482 g/mol. The van der Waals surface area contributed by atoms with E-state index in [1.54, 1.807) is 0 Å². The van der Waals surface area contributed by atoms with Gasteiger partial charge in [-0.2, -0.15) is 4.57 Å². The molecule has 0 radical (unpaired) electrons. The monoisotopic (exact) mass is 481 g/mol. The molecule has 0 aliphatic rings. The summed E-state index contributed by atoms with van der Waals surface area (Å²) in [5.41, 5.74) is 12.1. The van der Waals surface area contributed by atoms with Crippen LogP contribution in [0.3, 0.4) is 0 Å². The number of nitrogens with zero attached hydrogens (tertiary/aromatic N) is 2. The third-order valence-corrected chi connectivity index (χ3v) is 7.27. The molecule has 6 rings (SSSR count). The fraction of sp³-hybridized carbons (Fsp3) is 0.118. The van der Waals surface area contributed by atoms with Crippen molar-refractivity contribution in [2.75, 3.05) is 0 Å². The van der Waals surface area contributed by atoms with E-state index in [2.05, 4.69) is 110 Å². The lowest BCUT2D eigenvalue weighted by Crippen LogP contribution is -2.38. The number of hydrogen-bond donors (Lipinski definition) is 0. The van der Waals surface area contributed by atoms with Crippen LogP contribution < -0.4 is 4.57 Å². The molecule has 0 atom stereocenters. The van der Waals surface area contributed by atoms with E-state index >= 15 is 0 Å². The van der Waals surface area contributed by atoms with Crippen LogP contribution in [0.15, 0.2) is 102 Å². The molecule has 3 aromatic carbocycles. The van der Waals surface area contributed by atoms with Gasteiger partial charge in [0.2, 0.25) is 5.69 Å². The molecule has 0 aliphatic carbocycles. The van der Waals surface area contributed by atoms with Gasteiger partial charge in [0.1, 0.15) is 11.2 Å². The van der Waals surface area contributed by atoms with Crippen LogP contribution >= 0.6 is 0 Å². The minimum absolute atomic E-state index is 0.913. The first kappa shape index (κ1) is 22.9. The predicted octanol–water partition coefficient (Wildman–Crippen LogP) is 8.55. The molecule has 0 aliphatic heterocycles. The summed E-state index contributed by atoms with van der Waals surface area (Å²) in [6, 6.07) is 31.6. The summed E-state index contributed by atoms with van der Waals surface area (Å²) < 4.78 is 8.84. The molecule has 0 N–H and O–H groups in total. The van der Waals surface area contributed by atoms with E-state index in [4.69, 9.17) is 4.42 Å². The standard InChI is InChI=1S/C34H29N2O/c1-22-17-19-31(33-23(2)16-18-29-28-13-7-8-15-32(28)37-34(29)33)36(25(22)4)24(3)21-26-11-5-6-12-27(26)30-14-9-10-20-35-30/h5-21H,1-4H3/q+1/b24-21+. The third kappa shape index (κ3) is 3.93. The lowest BCUT2D eigenvalue weighted by molar-refractivity contribution is -0.576. The molecule has 0 spiro atoms. The van der Waals surface area contributed by atoms with E-state index in [-0.39, 0.29) is 0 Å². The molecule has 0 fully saturated rings. The first-order valence-electron chi connectivity index (χ1n) is 12.7. The largest absolute Gasteiger partial charge is 0.455 e. The Balaban J connectivity index is 1.60. The first-order valence-corrected chi connectivity index (χ1v) is 12.7. The number of hydrogen-bond acceptors (Lipinski definition) is 2. The molecule has 3 aromatic heterocycles. The van der Waals surface area contributed by atoms with Crippen LogP contribution in [-0.4, -0.2) is 4.98 Å². The lowest BCUT2D eigenvalue weighted by atomic mass is 9.98. The Morgan fingerprint density at radius 2 is 1.51 bits per heavy atom. The van der Waals surface area contributed by atoms with Crippen LogP contribution in [0.1, 0.15) is 29.3 Å². The smallest absolute Gasteiger partial charge is 0.222 e. The number of allylic oxidation sites excluding steroid dienone is 1. The summed E-state index contributed by atoms with van der Waals surface area (Å²) >= 11 is 0. The van der Waals surface area contributed by atoms with Gasteiger partial charge in [-0.15, -0.1) is 0 Å². The van der Waals surface area contributed by atoms with Gasteiger partial charge >= 0.3 is 0 Å². The first-order chi connectivity index (χ1) is 18.0. The van der Waals surface area contributed by atoms with Crippen molar-refractivity contribution in [2.24, 2.45) is 0 Å². The minimum Gasteiger partial charge on any atom is -0.455 e. The topological polar surface area (TPSA) is 29.9 Å². The lowest BCUT2D eigenvalue weighted by Gasteiger charge is -2.12. The Kier molecular flexibility index (Phi) is 5.69. The molecule has 3 heterocycles. The van der Waals surface area contributed by atoms with Crippen LogP contribution in [0.5, 0.6) is 0 Å². The van der Waals surface area contributed by atoms with E-state index in [0.717, 1.165) is 55.7 Å². The van der Waals surface area contributed by atoms with Gasteiger partial charge in [-0.25, -0.2) is 0 Å². The van der Waals surface area contributed by atoms with Crippen molar-refractivity contribution in [3.63, 3.8) is 0 Å². The number of rotatable bonds is 4. The molecule has 0 bridgehead atoms. The number of para-hydroxylation sites is 1. The zero-order chi connectivity index (χ0) is 25.5. The Morgan fingerprint density at radius 1 is 0.757 bits per heavy atom. The van der Waals surface area contributed by atoms with Gasteiger partial charge in [0.05, 0.1) is 11.3 Å². The van der Waals surface area contributed by atoms with Crippen LogP contribution in [0.4, 0.5) is 0 Å². The van der Waals surface area contributed by atoms with Crippen molar-refractivity contribution >= 4 is 33.7 Å². The molecule has 37 heavy (non-hydrogen) atoms. The summed E-state index contributed by atoms with van der Waals surface area (Å²) in [6.07, 6.45) is 4.10. The number of aryl methyl sites for hydroxylation is 2. The Bertz CT molecular complexity index is 1810. The molecule has 6 aromatic rings. The highest BCUT2D eigenvalue weighted by Gasteiger charge is 2.26. The third-order valence-electron chi connectivity index (χ3n) is 7.27. The molecular weight excluding hydrogens is 452 g/mol. The quantitative estimate of drug-likeness (QED) is 0.236. The molecular formula is C34H29N2O+. The van der Waals surface area contributed by atoms with Crippen LogP contribution in [0.2, 0.25) is 0 Å². The highest BCUT2D eigenvalue weighted by Crippen LogP contribution is 2.37. The fourth-order valence-electron chi connectivity index (χ4n) is 5.28. The number of furan rings is 1. The van der Waals surface area contributed by atoms with Crippen molar-refractivity contribution in [2.45, 2.75) is 27.7 Å². The predicted molar refractivity (Wildman–Crippen MR) is 153 cm³/mol. The second kappa shape index (κ2) is 9.18. The second-order valence-corrected chi connectivity index (χ2v) is 9.64. The maximum Gasteiger partial charge on any atom is 0.222 e. The highest BCUT2D eigenvalue weighted by molar-refractivity contribution is 6.09.